The van der Waals surface area contributed by atoms with Crippen molar-refractivity contribution in [3.63, 3.8) is 0 Å². The molecule has 0 unspecified atom stereocenters. The van der Waals surface area contributed by atoms with E-state index in [1.54, 1.807) is 48.5 Å². The summed E-state index contributed by atoms with van der Waals surface area (Å²) < 4.78 is 26.5. The van der Waals surface area contributed by atoms with Gasteiger partial charge in [0.1, 0.15) is 0 Å². The largest absolute Gasteiger partial charge is 0.326 e. The topological polar surface area (TPSA) is 95.6 Å². The van der Waals surface area contributed by atoms with Crippen molar-refractivity contribution < 1.29 is 18.0 Å². The minimum Gasteiger partial charge on any atom is -0.326 e. The predicted molar refractivity (Wildman–Crippen MR) is 132 cm³/mol. The molecule has 0 saturated carbocycles. The standard InChI is InChI=1S/C25H27N3O4S/c1-17-7-5-8-18(2)24(17)28(33(4,31)32)16-20-11-13-21(14-12-20)25(30)27-23-10-6-9-22(15-23)26-19(3)29/h5-15H,16H2,1-4H3,(H,26,29)(H,27,30). The second-order valence-corrected chi connectivity index (χ2v) is 9.83. The lowest BCUT2D eigenvalue weighted by molar-refractivity contribution is -0.114. The van der Waals surface area contributed by atoms with Crippen molar-refractivity contribution in [2.45, 2.75) is 27.3 Å². The molecule has 0 saturated heterocycles. The molecule has 0 bridgehead atoms. The Labute approximate surface area is 194 Å². The first-order valence-corrected chi connectivity index (χ1v) is 12.2. The molecule has 0 spiro atoms. The Balaban J connectivity index is 1.78. The highest BCUT2D eigenvalue weighted by Crippen LogP contribution is 2.28. The predicted octanol–water partition coefficient (Wildman–Crippen LogP) is 4.48. The zero-order chi connectivity index (χ0) is 24.2. The highest BCUT2D eigenvalue weighted by molar-refractivity contribution is 7.92. The maximum atomic E-state index is 12.6. The van der Waals surface area contributed by atoms with Crippen molar-refractivity contribution in [1.82, 2.24) is 0 Å². The average Bonchev–Trinajstić information content (AvgIpc) is 2.72. The fraction of sp³-hybridized carbons (Fsp3) is 0.200. The summed E-state index contributed by atoms with van der Waals surface area (Å²) in [5.41, 5.74) is 4.74. The highest BCUT2D eigenvalue weighted by atomic mass is 32.2. The molecule has 2 N–H and O–H groups in total. The SMILES string of the molecule is CC(=O)Nc1cccc(NC(=O)c2ccc(CN(c3c(C)cccc3C)S(C)(=O)=O)cc2)c1. The number of nitrogens with one attached hydrogen (secondary N) is 2. The Hall–Kier alpha value is -3.65. The van der Waals surface area contributed by atoms with E-state index >= 15 is 0 Å². The molecule has 3 aromatic rings. The first-order chi connectivity index (χ1) is 15.5. The van der Waals surface area contributed by atoms with Gasteiger partial charge in [-0.05, 0) is 60.9 Å². The molecular formula is C25H27N3O4S. The Morgan fingerprint density at radius 1 is 0.848 bits per heavy atom. The molecule has 3 aromatic carbocycles. The van der Waals surface area contributed by atoms with Crippen molar-refractivity contribution in [1.29, 1.82) is 0 Å². The van der Waals surface area contributed by atoms with E-state index in [4.69, 9.17) is 0 Å². The van der Waals surface area contributed by atoms with E-state index in [1.165, 1.54) is 17.5 Å². The van der Waals surface area contributed by atoms with Crippen LogP contribution in [0.5, 0.6) is 0 Å². The number of hydrogen-bond donors (Lipinski definition) is 2. The van der Waals surface area contributed by atoms with Crippen LogP contribution >= 0.6 is 0 Å². The van der Waals surface area contributed by atoms with E-state index in [0.29, 0.717) is 22.6 Å². The van der Waals surface area contributed by atoms with Crippen LogP contribution in [-0.4, -0.2) is 26.5 Å². The van der Waals surface area contributed by atoms with Crippen LogP contribution in [0, 0.1) is 13.8 Å². The van der Waals surface area contributed by atoms with Crippen LogP contribution in [-0.2, 0) is 21.4 Å². The summed E-state index contributed by atoms with van der Waals surface area (Å²) in [7, 11) is -3.52. The van der Waals surface area contributed by atoms with Crippen LogP contribution in [0.25, 0.3) is 0 Å². The molecule has 33 heavy (non-hydrogen) atoms. The van der Waals surface area contributed by atoms with E-state index in [2.05, 4.69) is 10.6 Å². The summed E-state index contributed by atoms with van der Waals surface area (Å²) in [6, 6.07) is 19.3. The third-order valence-electron chi connectivity index (χ3n) is 5.07. The molecule has 0 aromatic heterocycles. The van der Waals surface area contributed by atoms with Crippen LogP contribution < -0.4 is 14.9 Å². The van der Waals surface area contributed by atoms with E-state index < -0.39 is 10.0 Å². The van der Waals surface area contributed by atoms with E-state index in [-0.39, 0.29) is 18.4 Å². The van der Waals surface area contributed by atoms with Gasteiger partial charge in [0.05, 0.1) is 18.5 Å². The summed E-state index contributed by atoms with van der Waals surface area (Å²) in [5, 5.41) is 5.47. The Morgan fingerprint density at radius 3 is 1.94 bits per heavy atom. The summed E-state index contributed by atoms with van der Waals surface area (Å²) in [4.78, 5) is 23.9. The Bertz CT molecular complexity index is 1270. The molecule has 172 valence electrons. The van der Waals surface area contributed by atoms with Gasteiger partial charge in [-0.25, -0.2) is 8.42 Å². The van der Waals surface area contributed by atoms with Gasteiger partial charge in [0.15, 0.2) is 0 Å². The average molecular weight is 466 g/mol. The minimum absolute atomic E-state index is 0.158. The maximum absolute atomic E-state index is 12.6. The first-order valence-electron chi connectivity index (χ1n) is 10.4. The van der Waals surface area contributed by atoms with Gasteiger partial charge in [-0.1, -0.05) is 36.4 Å². The summed E-state index contributed by atoms with van der Waals surface area (Å²) in [5.74, 6) is -0.505. The van der Waals surface area contributed by atoms with Gasteiger partial charge in [-0.2, -0.15) is 0 Å². The van der Waals surface area contributed by atoms with Crippen molar-refractivity contribution >= 4 is 38.9 Å². The number of carbonyl (C=O) groups excluding carboxylic acids is 2. The molecule has 3 rings (SSSR count). The molecule has 2 amide bonds. The quantitative estimate of drug-likeness (QED) is 0.538. The van der Waals surface area contributed by atoms with Crippen molar-refractivity contribution in [3.05, 3.63) is 89.0 Å². The number of hydrogen-bond acceptors (Lipinski definition) is 4. The number of nitrogens with zero attached hydrogens (tertiary/aromatic N) is 1. The molecule has 0 aliphatic carbocycles. The number of aryl methyl sites for hydroxylation is 2. The van der Waals surface area contributed by atoms with Crippen LogP contribution in [0.1, 0.15) is 34.0 Å². The Morgan fingerprint density at radius 2 is 1.39 bits per heavy atom. The third-order valence-corrected chi connectivity index (χ3v) is 6.18. The monoisotopic (exact) mass is 465 g/mol. The molecular weight excluding hydrogens is 438 g/mol. The van der Waals surface area contributed by atoms with Crippen LogP contribution in [0.3, 0.4) is 0 Å². The van der Waals surface area contributed by atoms with Gasteiger partial charge >= 0.3 is 0 Å². The summed E-state index contributed by atoms with van der Waals surface area (Å²) in [6.45, 7) is 5.34. The zero-order valence-electron chi connectivity index (χ0n) is 19.0. The van der Waals surface area contributed by atoms with Gasteiger partial charge in [0.2, 0.25) is 15.9 Å². The fourth-order valence-corrected chi connectivity index (χ4v) is 4.57. The van der Waals surface area contributed by atoms with E-state index in [9.17, 15) is 18.0 Å². The molecule has 0 atom stereocenters. The number of amides is 2. The maximum Gasteiger partial charge on any atom is 0.255 e. The number of anilines is 3. The molecule has 0 radical (unpaired) electrons. The van der Waals surface area contributed by atoms with Gasteiger partial charge in [0.25, 0.3) is 5.91 Å². The number of sulfonamides is 1. The number of carbonyl (C=O) groups is 2. The molecule has 8 heteroatoms. The van der Waals surface area contributed by atoms with E-state index in [0.717, 1.165) is 16.7 Å². The van der Waals surface area contributed by atoms with Crippen LogP contribution in [0.15, 0.2) is 66.7 Å². The number of benzene rings is 3. The van der Waals surface area contributed by atoms with Crippen molar-refractivity contribution in [2.75, 3.05) is 21.2 Å². The first kappa shape index (κ1) is 24.0. The van der Waals surface area contributed by atoms with Crippen LogP contribution in [0.4, 0.5) is 17.1 Å². The molecule has 0 aliphatic rings. The zero-order valence-corrected chi connectivity index (χ0v) is 19.9. The van der Waals surface area contributed by atoms with Gasteiger partial charge in [0, 0.05) is 23.9 Å². The lowest BCUT2D eigenvalue weighted by Gasteiger charge is -2.26. The van der Waals surface area contributed by atoms with E-state index in [1.807, 2.05) is 32.0 Å². The highest BCUT2D eigenvalue weighted by Gasteiger charge is 2.21. The third kappa shape index (κ3) is 6.20. The second-order valence-electron chi connectivity index (χ2n) is 7.92. The fourth-order valence-electron chi connectivity index (χ4n) is 3.57. The summed E-state index contributed by atoms with van der Waals surface area (Å²) in [6.07, 6.45) is 1.19. The van der Waals surface area contributed by atoms with Gasteiger partial charge in [-0.3, -0.25) is 13.9 Å². The number of rotatable bonds is 7. The van der Waals surface area contributed by atoms with Crippen molar-refractivity contribution in [3.8, 4) is 0 Å². The normalized spacial score (nSPS) is 11.0. The van der Waals surface area contributed by atoms with Crippen LogP contribution in [0.2, 0.25) is 0 Å². The van der Waals surface area contributed by atoms with Crippen molar-refractivity contribution in [2.24, 2.45) is 0 Å². The molecule has 0 heterocycles. The van der Waals surface area contributed by atoms with Gasteiger partial charge < -0.3 is 10.6 Å². The summed E-state index contributed by atoms with van der Waals surface area (Å²) >= 11 is 0. The number of para-hydroxylation sites is 1. The molecule has 7 nitrogen and oxygen atoms in total. The smallest absolute Gasteiger partial charge is 0.255 e. The minimum atomic E-state index is -3.52. The second kappa shape index (κ2) is 9.87. The lowest BCUT2D eigenvalue weighted by Crippen LogP contribution is -2.30. The molecule has 0 fully saturated rings. The lowest BCUT2D eigenvalue weighted by atomic mass is 10.1. The Kier molecular flexibility index (Phi) is 7.18. The molecule has 0 aliphatic heterocycles. The van der Waals surface area contributed by atoms with Gasteiger partial charge in [-0.15, -0.1) is 0 Å².